The van der Waals surface area contributed by atoms with Gasteiger partial charge in [-0.1, -0.05) is 25.1 Å². The molecule has 110 valence electrons. The molecule has 0 amide bonds. The molecular formula is C13H17NO5S. The van der Waals surface area contributed by atoms with Gasteiger partial charge < -0.3 is 9.84 Å². The van der Waals surface area contributed by atoms with Gasteiger partial charge in [-0.25, -0.2) is 8.42 Å². The van der Waals surface area contributed by atoms with Crippen molar-refractivity contribution in [3.8, 4) is 0 Å². The number of carboxylic acids is 1. The van der Waals surface area contributed by atoms with Crippen LogP contribution in [0.3, 0.4) is 0 Å². The zero-order chi connectivity index (χ0) is 14.8. The molecule has 1 aliphatic heterocycles. The van der Waals surface area contributed by atoms with E-state index in [0.29, 0.717) is 0 Å². The number of benzene rings is 1. The van der Waals surface area contributed by atoms with Crippen molar-refractivity contribution >= 4 is 16.0 Å². The number of ether oxygens (including phenoxy) is 1. The molecule has 1 heterocycles. The molecule has 0 aliphatic carbocycles. The van der Waals surface area contributed by atoms with Crippen molar-refractivity contribution in [1.29, 1.82) is 0 Å². The van der Waals surface area contributed by atoms with Crippen molar-refractivity contribution in [3.05, 3.63) is 30.3 Å². The number of hydrogen-bond acceptors (Lipinski definition) is 4. The Morgan fingerprint density at radius 3 is 2.55 bits per heavy atom. The van der Waals surface area contributed by atoms with Gasteiger partial charge >= 0.3 is 5.97 Å². The molecule has 1 saturated heterocycles. The molecule has 1 fully saturated rings. The van der Waals surface area contributed by atoms with Crippen molar-refractivity contribution in [2.45, 2.75) is 17.9 Å². The predicted molar refractivity (Wildman–Crippen MR) is 71.7 cm³/mol. The summed E-state index contributed by atoms with van der Waals surface area (Å²) in [4.78, 5) is 11.4. The van der Waals surface area contributed by atoms with Gasteiger partial charge in [0.25, 0.3) is 0 Å². The number of carbonyl (C=O) groups is 1. The van der Waals surface area contributed by atoms with Crippen LogP contribution in [0.15, 0.2) is 35.2 Å². The molecule has 7 heteroatoms. The molecule has 1 N–H and O–H groups in total. The van der Waals surface area contributed by atoms with E-state index in [2.05, 4.69) is 0 Å². The fourth-order valence-electron chi connectivity index (χ4n) is 2.37. The van der Waals surface area contributed by atoms with E-state index in [1.165, 1.54) is 16.4 Å². The Bertz CT molecular complexity index is 572. The van der Waals surface area contributed by atoms with Gasteiger partial charge in [-0.3, -0.25) is 4.79 Å². The summed E-state index contributed by atoms with van der Waals surface area (Å²) in [6, 6.07) is 7.35. The third kappa shape index (κ3) is 2.70. The highest BCUT2D eigenvalue weighted by atomic mass is 32.2. The summed E-state index contributed by atoms with van der Waals surface area (Å²) < 4.78 is 31.6. The average Bonchev–Trinajstić information content (AvgIpc) is 2.89. The van der Waals surface area contributed by atoms with E-state index < -0.39 is 28.0 Å². The van der Waals surface area contributed by atoms with Crippen LogP contribution in [0.4, 0.5) is 0 Å². The molecule has 2 atom stereocenters. The van der Waals surface area contributed by atoms with Gasteiger partial charge in [0.2, 0.25) is 10.0 Å². The summed E-state index contributed by atoms with van der Waals surface area (Å²) in [7, 11) is -3.71. The minimum absolute atomic E-state index is 0.0425. The largest absolute Gasteiger partial charge is 0.481 e. The second-order valence-electron chi connectivity index (χ2n) is 4.57. The van der Waals surface area contributed by atoms with E-state index in [4.69, 9.17) is 9.84 Å². The van der Waals surface area contributed by atoms with Crippen molar-refractivity contribution < 1.29 is 23.1 Å². The number of sulfonamides is 1. The van der Waals surface area contributed by atoms with Crippen molar-refractivity contribution in [2.24, 2.45) is 5.92 Å². The number of nitrogens with zero attached hydrogens (tertiary/aromatic N) is 1. The first kappa shape index (κ1) is 15.0. The Kier molecular flexibility index (Phi) is 4.42. The molecule has 0 spiro atoms. The maximum absolute atomic E-state index is 12.6. The molecule has 0 saturated carbocycles. The van der Waals surface area contributed by atoms with Gasteiger partial charge in [-0.05, 0) is 12.1 Å². The lowest BCUT2D eigenvalue weighted by Crippen LogP contribution is -2.46. The van der Waals surface area contributed by atoms with E-state index in [-0.39, 0.29) is 24.7 Å². The van der Waals surface area contributed by atoms with Crippen LogP contribution in [0.5, 0.6) is 0 Å². The highest BCUT2D eigenvalue weighted by Crippen LogP contribution is 2.26. The molecule has 1 aromatic carbocycles. The standard InChI is InChI=1S/C13H17NO5S/c1-2-14(12-9-19-8-11(12)13(15)16)20(17,18)10-6-4-3-5-7-10/h3-7,11-12H,2,8-9H2,1H3,(H,15,16). The fraction of sp³-hybridized carbons (Fsp3) is 0.462. The van der Waals surface area contributed by atoms with E-state index in [9.17, 15) is 13.2 Å². The van der Waals surface area contributed by atoms with Crippen LogP contribution in [0.1, 0.15) is 6.92 Å². The lowest BCUT2D eigenvalue weighted by molar-refractivity contribution is -0.142. The maximum atomic E-state index is 12.6. The Labute approximate surface area is 118 Å². The average molecular weight is 299 g/mol. The summed E-state index contributed by atoms with van der Waals surface area (Å²) in [6.07, 6.45) is 0. The van der Waals surface area contributed by atoms with Gasteiger partial charge in [0.05, 0.1) is 30.1 Å². The van der Waals surface area contributed by atoms with Gasteiger partial charge in [0.15, 0.2) is 0 Å². The lowest BCUT2D eigenvalue weighted by atomic mass is 10.0. The van der Waals surface area contributed by atoms with Crippen LogP contribution < -0.4 is 0 Å². The quantitative estimate of drug-likeness (QED) is 0.869. The minimum atomic E-state index is -3.71. The number of rotatable bonds is 5. The summed E-state index contributed by atoms with van der Waals surface area (Å²) >= 11 is 0. The molecule has 0 aromatic heterocycles. The maximum Gasteiger partial charge on any atom is 0.310 e. The van der Waals surface area contributed by atoms with Crippen LogP contribution in [-0.4, -0.2) is 49.6 Å². The highest BCUT2D eigenvalue weighted by molar-refractivity contribution is 7.89. The van der Waals surface area contributed by atoms with E-state index in [1.807, 2.05) is 0 Å². The van der Waals surface area contributed by atoms with Crippen LogP contribution in [0.2, 0.25) is 0 Å². The van der Waals surface area contributed by atoms with E-state index >= 15 is 0 Å². The zero-order valence-corrected chi connectivity index (χ0v) is 11.9. The van der Waals surface area contributed by atoms with Gasteiger partial charge in [-0.15, -0.1) is 0 Å². The molecule has 2 rings (SSSR count). The van der Waals surface area contributed by atoms with Gasteiger partial charge in [-0.2, -0.15) is 4.31 Å². The zero-order valence-electron chi connectivity index (χ0n) is 11.1. The first-order chi connectivity index (χ1) is 9.48. The van der Waals surface area contributed by atoms with Crippen molar-refractivity contribution in [3.63, 3.8) is 0 Å². The molecule has 2 unspecified atom stereocenters. The number of carboxylic acid groups (broad SMARTS) is 1. The fourth-order valence-corrected chi connectivity index (χ4v) is 4.05. The molecule has 20 heavy (non-hydrogen) atoms. The van der Waals surface area contributed by atoms with Crippen molar-refractivity contribution in [1.82, 2.24) is 4.31 Å². The van der Waals surface area contributed by atoms with Crippen LogP contribution in [0, 0.1) is 5.92 Å². The monoisotopic (exact) mass is 299 g/mol. The Morgan fingerprint density at radius 2 is 2.00 bits per heavy atom. The minimum Gasteiger partial charge on any atom is -0.481 e. The van der Waals surface area contributed by atoms with E-state index in [0.717, 1.165) is 0 Å². The van der Waals surface area contributed by atoms with Crippen LogP contribution in [0.25, 0.3) is 0 Å². The second kappa shape index (κ2) is 5.90. The first-order valence-electron chi connectivity index (χ1n) is 6.36. The first-order valence-corrected chi connectivity index (χ1v) is 7.80. The molecular weight excluding hydrogens is 282 g/mol. The normalized spacial score (nSPS) is 23.1. The lowest BCUT2D eigenvalue weighted by Gasteiger charge is -2.28. The Hall–Kier alpha value is -1.44. The van der Waals surface area contributed by atoms with Crippen LogP contribution in [-0.2, 0) is 19.6 Å². The topological polar surface area (TPSA) is 83.9 Å². The molecule has 1 aliphatic rings. The molecule has 0 radical (unpaired) electrons. The van der Waals surface area contributed by atoms with Crippen LogP contribution >= 0.6 is 0 Å². The van der Waals surface area contributed by atoms with E-state index in [1.54, 1.807) is 25.1 Å². The third-order valence-corrected chi connectivity index (χ3v) is 5.41. The second-order valence-corrected chi connectivity index (χ2v) is 6.46. The van der Waals surface area contributed by atoms with Crippen molar-refractivity contribution in [2.75, 3.05) is 19.8 Å². The number of hydrogen-bond donors (Lipinski definition) is 1. The molecule has 6 nitrogen and oxygen atoms in total. The number of aliphatic carboxylic acids is 1. The molecule has 1 aromatic rings. The predicted octanol–water partition coefficient (Wildman–Crippen LogP) is 0.797. The van der Waals surface area contributed by atoms with Gasteiger partial charge in [0.1, 0.15) is 0 Å². The Balaban J connectivity index is 2.35. The SMILES string of the molecule is CCN(C1COCC1C(=O)O)S(=O)(=O)c1ccccc1. The van der Waals surface area contributed by atoms with Gasteiger partial charge in [0, 0.05) is 6.54 Å². The summed E-state index contributed by atoms with van der Waals surface area (Å²) in [5.74, 6) is -1.86. The number of likely N-dealkylation sites (N-methyl/N-ethyl adjacent to an activating group) is 1. The Morgan fingerprint density at radius 1 is 1.35 bits per heavy atom. The highest BCUT2D eigenvalue weighted by Gasteiger charge is 2.42. The molecule has 0 bridgehead atoms. The third-order valence-electron chi connectivity index (χ3n) is 3.40. The summed E-state index contributed by atoms with van der Waals surface area (Å²) in [5.41, 5.74) is 0. The summed E-state index contributed by atoms with van der Waals surface area (Å²) in [6.45, 7) is 2.05. The summed E-state index contributed by atoms with van der Waals surface area (Å²) in [5, 5.41) is 9.16. The smallest absolute Gasteiger partial charge is 0.310 e.